The number of ether oxygens (including phenoxy) is 1. The molecular weight excluding hydrogens is 266 g/mol. The van der Waals surface area contributed by atoms with Crippen molar-refractivity contribution in [1.82, 2.24) is 10.2 Å². The summed E-state index contributed by atoms with van der Waals surface area (Å²) in [4.78, 5) is 16.4. The fourth-order valence-electron chi connectivity index (χ4n) is 2.92. The van der Waals surface area contributed by atoms with E-state index in [9.17, 15) is 4.79 Å². The van der Waals surface area contributed by atoms with Gasteiger partial charge in [-0.1, -0.05) is 18.2 Å². The number of nitrogens with one attached hydrogen (secondary N) is 1. The van der Waals surface area contributed by atoms with Crippen LogP contribution >= 0.6 is 0 Å². The maximum Gasteiger partial charge on any atom is 0.317 e. The minimum atomic E-state index is 0.0400. The molecule has 0 aliphatic carbocycles. The molecule has 1 N–H and O–H groups in total. The molecule has 114 valence electrons. The molecule has 1 unspecified atom stereocenters. The van der Waals surface area contributed by atoms with Gasteiger partial charge in [-0.15, -0.1) is 0 Å². The Bertz CT molecular complexity index is 452. The first-order valence-electron chi connectivity index (χ1n) is 7.77. The lowest BCUT2D eigenvalue weighted by Crippen LogP contribution is -2.52. The number of piperazine rings is 1. The monoisotopic (exact) mass is 289 g/mol. The van der Waals surface area contributed by atoms with E-state index in [2.05, 4.69) is 34.5 Å². The van der Waals surface area contributed by atoms with Gasteiger partial charge in [0.25, 0.3) is 0 Å². The summed E-state index contributed by atoms with van der Waals surface area (Å²) in [5.41, 5.74) is 1.23. The van der Waals surface area contributed by atoms with Crippen molar-refractivity contribution in [2.75, 3.05) is 44.2 Å². The highest BCUT2D eigenvalue weighted by atomic mass is 16.5. The van der Waals surface area contributed by atoms with Gasteiger partial charge in [-0.25, -0.2) is 4.79 Å². The van der Waals surface area contributed by atoms with Crippen LogP contribution in [0.1, 0.15) is 12.8 Å². The van der Waals surface area contributed by atoms with E-state index in [-0.39, 0.29) is 12.1 Å². The van der Waals surface area contributed by atoms with E-state index < -0.39 is 0 Å². The van der Waals surface area contributed by atoms with Gasteiger partial charge >= 0.3 is 6.03 Å². The topological polar surface area (TPSA) is 44.8 Å². The van der Waals surface area contributed by atoms with Crippen LogP contribution in [0, 0.1) is 0 Å². The van der Waals surface area contributed by atoms with Gasteiger partial charge in [0.1, 0.15) is 0 Å². The molecule has 1 atom stereocenters. The maximum atomic E-state index is 12.1. The summed E-state index contributed by atoms with van der Waals surface area (Å²) in [7, 11) is 0. The van der Waals surface area contributed by atoms with Gasteiger partial charge in [0.05, 0.1) is 6.10 Å². The Balaban J connectivity index is 1.43. The number of urea groups is 1. The predicted octanol–water partition coefficient (Wildman–Crippen LogP) is 1.70. The molecule has 0 saturated carbocycles. The lowest BCUT2D eigenvalue weighted by Gasteiger charge is -2.36. The van der Waals surface area contributed by atoms with Gasteiger partial charge in [0.15, 0.2) is 0 Å². The second-order valence-corrected chi connectivity index (χ2v) is 5.63. The van der Waals surface area contributed by atoms with Crippen LogP contribution in [0.4, 0.5) is 10.5 Å². The maximum absolute atomic E-state index is 12.1. The SMILES string of the molecule is O=C(NCC1CCCO1)N1CCN(c2ccccc2)CC1. The van der Waals surface area contributed by atoms with Gasteiger partial charge in [-0.05, 0) is 25.0 Å². The molecular formula is C16H23N3O2. The van der Waals surface area contributed by atoms with Gasteiger partial charge in [0, 0.05) is 45.0 Å². The number of carbonyl (C=O) groups excluding carboxylic acids is 1. The normalized spacial score (nSPS) is 22.4. The highest BCUT2D eigenvalue weighted by molar-refractivity contribution is 5.74. The van der Waals surface area contributed by atoms with Crippen molar-refractivity contribution >= 4 is 11.7 Å². The van der Waals surface area contributed by atoms with E-state index in [1.807, 2.05) is 11.0 Å². The molecule has 0 spiro atoms. The van der Waals surface area contributed by atoms with E-state index >= 15 is 0 Å². The van der Waals surface area contributed by atoms with E-state index in [0.717, 1.165) is 45.6 Å². The first kappa shape index (κ1) is 14.2. The van der Waals surface area contributed by atoms with Gasteiger partial charge in [0.2, 0.25) is 0 Å². The molecule has 2 aliphatic rings. The van der Waals surface area contributed by atoms with Gasteiger partial charge < -0.3 is 19.9 Å². The molecule has 0 bridgehead atoms. The molecule has 0 radical (unpaired) electrons. The zero-order valence-corrected chi connectivity index (χ0v) is 12.3. The van der Waals surface area contributed by atoms with Gasteiger partial charge in [-0.2, -0.15) is 0 Å². The number of anilines is 1. The number of rotatable bonds is 3. The van der Waals surface area contributed by atoms with Crippen LogP contribution in [0.5, 0.6) is 0 Å². The number of nitrogens with zero attached hydrogens (tertiary/aromatic N) is 2. The van der Waals surface area contributed by atoms with Gasteiger partial charge in [-0.3, -0.25) is 0 Å². The zero-order chi connectivity index (χ0) is 14.5. The van der Waals surface area contributed by atoms with E-state index in [1.54, 1.807) is 0 Å². The molecule has 1 aromatic rings. The van der Waals surface area contributed by atoms with Crippen LogP contribution in [-0.4, -0.2) is 56.4 Å². The van der Waals surface area contributed by atoms with Crippen LogP contribution in [0.3, 0.4) is 0 Å². The highest BCUT2D eigenvalue weighted by Gasteiger charge is 2.22. The minimum absolute atomic E-state index is 0.0400. The standard InChI is InChI=1S/C16H23N3O2/c20-16(17-13-15-7-4-12-21-15)19-10-8-18(9-11-19)14-5-2-1-3-6-14/h1-3,5-6,15H,4,7-13H2,(H,17,20). The largest absolute Gasteiger partial charge is 0.376 e. The van der Waals surface area contributed by atoms with E-state index in [0.29, 0.717) is 6.54 Å². The smallest absolute Gasteiger partial charge is 0.317 e. The van der Waals surface area contributed by atoms with Crippen molar-refractivity contribution in [1.29, 1.82) is 0 Å². The number of carbonyl (C=O) groups is 1. The fraction of sp³-hybridized carbons (Fsp3) is 0.562. The Labute approximate surface area is 125 Å². The third-order valence-electron chi connectivity index (χ3n) is 4.19. The van der Waals surface area contributed by atoms with Crippen LogP contribution < -0.4 is 10.2 Å². The third kappa shape index (κ3) is 3.67. The lowest BCUT2D eigenvalue weighted by molar-refractivity contribution is 0.108. The quantitative estimate of drug-likeness (QED) is 0.921. The van der Waals surface area contributed by atoms with Crippen molar-refractivity contribution in [3.8, 4) is 0 Å². The Morgan fingerprint density at radius 2 is 1.95 bits per heavy atom. The molecule has 2 amide bonds. The van der Waals surface area contributed by atoms with Crippen LogP contribution in [0.25, 0.3) is 0 Å². The van der Waals surface area contributed by atoms with Crippen LogP contribution in [0.15, 0.2) is 30.3 Å². The predicted molar refractivity (Wildman–Crippen MR) is 82.6 cm³/mol. The summed E-state index contributed by atoms with van der Waals surface area (Å²) in [6, 6.07) is 10.4. The summed E-state index contributed by atoms with van der Waals surface area (Å²) in [6.07, 6.45) is 2.37. The molecule has 2 saturated heterocycles. The molecule has 2 heterocycles. The zero-order valence-electron chi connectivity index (χ0n) is 12.3. The van der Waals surface area contributed by atoms with Crippen LogP contribution in [-0.2, 0) is 4.74 Å². The molecule has 5 heteroatoms. The Kier molecular flexibility index (Phi) is 4.60. The molecule has 0 aromatic heterocycles. The average Bonchev–Trinajstić information content (AvgIpc) is 3.07. The van der Waals surface area contributed by atoms with E-state index in [4.69, 9.17) is 4.74 Å². The Morgan fingerprint density at radius 3 is 2.62 bits per heavy atom. The van der Waals surface area contributed by atoms with Crippen molar-refractivity contribution in [2.24, 2.45) is 0 Å². The molecule has 1 aromatic carbocycles. The number of benzene rings is 1. The molecule has 2 fully saturated rings. The number of hydrogen-bond donors (Lipinski definition) is 1. The number of amides is 2. The van der Waals surface area contributed by atoms with Crippen LogP contribution in [0.2, 0.25) is 0 Å². The molecule has 5 nitrogen and oxygen atoms in total. The summed E-state index contributed by atoms with van der Waals surface area (Å²) >= 11 is 0. The minimum Gasteiger partial charge on any atom is -0.376 e. The molecule has 2 aliphatic heterocycles. The van der Waals surface area contributed by atoms with Crippen molar-refractivity contribution in [3.63, 3.8) is 0 Å². The number of hydrogen-bond acceptors (Lipinski definition) is 3. The van der Waals surface area contributed by atoms with E-state index in [1.165, 1.54) is 5.69 Å². The first-order valence-corrected chi connectivity index (χ1v) is 7.77. The third-order valence-corrected chi connectivity index (χ3v) is 4.19. The second-order valence-electron chi connectivity index (χ2n) is 5.63. The summed E-state index contributed by atoms with van der Waals surface area (Å²) in [5, 5.41) is 2.99. The average molecular weight is 289 g/mol. The second kappa shape index (κ2) is 6.80. The Morgan fingerprint density at radius 1 is 1.19 bits per heavy atom. The molecule has 3 rings (SSSR count). The summed E-state index contributed by atoms with van der Waals surface area (Å²) in [6.45, 7) is 4.78. The lowest BCUT2D eigenvalue weighted by atomic mass is 10.2. The summed E-state index contributed by atoms with van der Waals surface area (Å²) < 4.78 is 5.52. The highest BCUT2D eigenvalue weighted by Crippen LogP contribution is 2.15. The first-order chi connectivity index (χ1) is 10.3. The molecule has 21 heavy (non-hydrogen) atoms. The summed E-state index contributed by atoms with van der Waals surface area (Å²) in [5.74, 6) is 0. The Hall–Kier alpha value is -1.75. The number of para-hydroxylation sites is 1. The fourth-order valence-corrected chi connectivity index (χ4v) is 2.92. The van der Waals surface area contributed by atoms with Crippen molar-refractivity contribution in [3.05, 3.63) is 30.3 Å². The van der Waals surface area contributed by atoms with Crippen molar-refractivity contribution in [2.45, 2.75) is 18.9 Å². The van der Waals surface area contributed by atoms with Crippen molar-refractivity contribution < 1.29 is 9.53 Å².